The number of aromatic nitrogens is 1. The van der Waals surface area contributed by atoms with Crippen LogP contribution in [0.1, 0.15) is 18.1 Å². The SMILES string of the molecule is Cc1ccc(OC[C@H](C)NC(=S)Nc2ccncc2)cc1C. The molecule has 116 valence electrons. The van der Waals surface area contributed by atoms with Crippen molar-refractivity contribution in [3.63, 3.8) is 0 Å². The fraction of sp³-hybridized carbons (Fsp3) is 0.294. The third-order valence-electron chi connectivity index (χ3n) is 3.29. The first kappa shape index (κ1) is 16.2. The minimum absolute atomic E-state index is 0.100. The molecule has 4 nitrogen and oxygen atoms in total. The van der Waals surface area contributed by atoms with Crippen molar-refractivity contribution in [2.75, 3.05) is 11.9 Å². The van der Waals surface area contributed by atoms with Crippen LogP contribution in [0.25, 0.3) is 0 Å². The maximum absolute atomic E-state index is 5.79. The summed E-state index contributed by atoms with van der Waals surface area (Å²) in [6, 6.07) is 9.94. The Labute approximate surface area is 136 Å². The first-order valence-corrected chi connectivity index (χ1v) is 7.63. The Kier molecular flexibility index (Phi) is 5.72. The molecular formula is C17H21N3OS. The zero-order valence-electron chi connectivity index (χ0n) is 13.1. The van der Waals surface area contributed by atoms with Crippen molar-refractivity contribution in [1.29, 1.82) is 0 Å². The van der Waals surface area contributed by atoms with Gasteiger partial charge in [-0.05, 0) is 68.4 Å². The van der Waals surface area contributed by atoms with Crippen LogP contribution in [0.15, 0.2) is 42.7 Å². The third kappa shape index (κ3) is 5.00. The van der Waals surface area contributed by atoms with Crippen LogP contribution < -0.4 is 15.4 Å². The van der Waals surface area contributed by atoms with Gasteiger partial charge in [0.2, 0.25) is 0 Å². The molecule has 1 atom stereocenters. The van der Waals surface area contributed by atoms with Gasteiger partial charge < -0.3 is 15.4 Å². The Bertz CT molecular complexity index is 631. The van der Waals surface area contributed by atoms with Crippen LogP contribution in [0.4, 0.5) is 5.69 Å². The van der Waals surface area contributed by atoms with Gasteiger partial charge in [0.15, 0.2) is 5.11 Å². The Morgan fingerprint density at radius 1 is 1.18 bits per heavy atom. The van der Waals surface area contributed by atoms with E-state index in [2.05, 4.69) is 41.6 Å². The number of nitrogens with one attached hydrogen (secondary N) is 2. The molecule has 0 bridgehead atoms. The van der Waals surface area contributed by atoms with Gasteiger partial charge in [0, 0.05) is 18.1 Å². The highest BCUT2D eigenvalue weighted by atomic mass is 32.1. The second-order valence-corrected chi connectivity index (χ2v) is 5.70. The molecule has 0 unspecified atom stereocenters. The van der Waals surface area contributed by atoms with E-state index in [1.54, 1.807) is 12.4 Å². The normalized spacial score (nSPS) is 11.6. The molecule has 1 heterocycles. The lowest BCUT2D eigenvalue weighted by atomic mass is 10.1. The summed E-state index contributed by atoms with van der Waals surface area (Å²) >= 11 is 5.28. The van der Waals surface area contributed by atoms with E-state index in [4.69, 9.17) is 17.0 Å². The second kappa shape index (κ2) is 7.75. The van der Waals surface area contributed by atoms with Gasteiger partial charge >= 0.3 is 0 Å². The highest BCUT2D eigenvalue weighted by Crippen LogP contribution is 2.16. The molecule has 0 fully saturated rings. The van der Waals surface area contributed by atoms with Crippen molar-refractivity contribution in [1.82, 2.24) is 10.3 Å². The number of ether oxygens (including phenoxy) is 1. The van der Waals surface area contributed by atoms with E-state index in [1.165, 1.54) is 11.1 Å². The number of hydrogen-bond donors (Lipinski definition) is 2. The molecule has 5 heteroatoms. The molecule has 22 heavy (non-hydrogen) atoms. The van der Waals surface area contributed by atoms with Crippen molar-refractivity contribution in [2.24, 2.45) is 0 Å². The van der Waals surface area contributed by atoms with Crippen LogP contribution >= 0.6 is 12.2 Å². The zero-order chi connectivity index (χ0) is 15.9. The average Bonchev–Trinajstić information content (AvgIpc) is 2.49. The molecule has 2 N–H and O–H groups in total. The van der Waals surface area contributed by atoms with Crippen molar-refractivity contribution in [3.05, 3.63) is 53.9 Å². The molecule has 2 rings (SSSR count). The predicted molar refractivity (Wildman–Crippen MR) is 94.5 cm³/mol. The number of hydrogen-bond acceptors (Lipinski definition) is 3. The molecule has 0 aliphatic heterocycles. The van der Waals surface area contributed by atoms with Crippen LogP contribution in [0.2, 0.25) is 0 Å². The van der Waals surface area contributed by atoms with Gasteiger partial charge in [-0.2, -0.15) is 0 Å². The largest absolute Gasteiger partial charge is 0.491 e. The summed E-state index contributed by atoms with van der Waals surface area (Å²) in [5, 5.41) is 6.88. The Morgan fingerprint density at radius 3 is 2.59 bits per heavy atom. The highest BCUT2D eigenvalue weighted by molar-refractivity contribution is 7.80. The van der Waals surface area contributed by atoms with Crippen LogP contribution in [0.3, 0.4) is 0 Å². The number of nitrogens with zero attached hydrogens (tertiary/aromatic N) is 1. The number of benzene rings is 1. The predicted octanol–water partition coefficient (Wildman–Crippen LogP) is 3.45. The zero-order valence-corrected chi connectivity index (χ0v) is 13.9. The van der Waals surface area contributed by atoms with Gasteiger partial charge in [-0.25, -0.2) is 0 Å². The second-order valence-electron chi connectivity index (χ2n) is 5.29. The standard InChI is InChI=1S/C17H21N3OS/c1-12-4-5-16(10-13(12)2)21-11-14(3)19-17(22)20-15-6-8-18-9-7-15/h4-10,14H,11H2,1-3H3,(H2,18,19,20,22)/t14-/m0/s1. The van der Waals surface area contributed by atoms with E-state index in [1.807, 2.05) is 25.1 Å². The number of rotatable bonds is 5. The molecule has 0 radical (unpaired) electrons. The van der Waals surface area contributed by atoms with Gasteiger partial charge in [-0.15, -0.1) is 0 Å². The smallest absolute Gasteiger partial charge is 0.171 e. The summed E-state index contributed by atoms with van der Waals surface area (Å²) in [5.41, 5.74) is 3.41. The third-order valence-corrected chi connectivity index (χ3v) is 3.51. The van der Waals surface area contributed by atoms with Gasteiger partial charge in [0.25, 0.3) is 0 Å². The fourth-order valence-corrected chi connectivity index (χ4v) is 2.21. The molecule has 0 aliphatic carbocycles. The summed E-state index contributed by atoms with van der Waals surface area (Å²) in [5.74, 6) is 0.879. The van der Waals surface area contributed by atoms with E-state index < -0.39 is 0 Å². The molecule has 0 saturated heterocycles. The molecule has 1 aromatic heterocycles. The maximum Gasteiger partial charge on any atom is 0.171 e. The van der Waals surface area contributed by atoms with E-state index in [-0.39, 0.29) is 6.04 Å². The van der Waals surface area contributed by atoms with E-state index in [0.29, 0.717) is 11.7 Å². The van der Waals surface area contributed by atoms with Crippen LogP contribution in [0, 0.1) is 13.8 Å². The Hall–Kier alpha value is -2.14. The maximum atomic E-state index is 5.79. The van der Waals surface area contributed by atoms with Crippen molar-refractivity contribution < 1.29 is 4.74 Å². The summed E-state index contributed by atoms with van der Waals surface area (Å²) in [7, 11) is 0. The molecule has 0 saturated carbocycles. The first-order chi connectivity index (χ1) is 10.5. The summed E-state index contributed by atoms with van der Waals surface area (Å²) in [6.45, 7) is 6.74. The fourth-order valence-electron chi connectivity index (χ4n) is 1.89. The molecule has 0 aliphatic rings. The van der Waals surface area contributed by atoms with Crippen molar-refractivity contribution >= 4 is 23.0 Å². The Balaban J connectivity index is 1.78. The van der Waals surface area contributed by atoms with Gasteiger partial charge in [0.05, 0.1) is 6.04 Å². The van der Waals surface area contributed by atoms with Gasteiger partial charge in [-0.3, -0.25) is 4.98 Å². The number of thiocarbonyl (C=S) groups is 1. The average molecular weight is 315 g/mol. The molecule has 1 aromatic carbocycles. The van der Waals surface area contributed by atoms with E-state index in [0.717, 1.165) is 11.4 Å². The van der Waals surface area contributed by atoms with Crippen molar-refractivity contribution in [2.45, 2.75) is 26.8 Å². The number of aryl methyl sites for hydroxylation is 2. The Morgan fingerprint density at radius 2 is 1.91 bits per heavy atom. The van der Waals surface area contributed by atoms with Crippen molar-refractivity contribution in [3.8, 4) is 5.75 Å². The summed E-state index contributed by atoms with van der Waals surface area (Å²) in [6.07, 6.45) is 3.44. The highest BCUT2D eigenvalue weighted by Gasteiger charge is 2.06. The van der Waals surface area contributed by atoms with E-state index in [9.17, 15) is 0 Å². The molecule has 0 spiro atoms. The lowest BCUT2D eigenvalue weighted by Gasteiger charge is -2.18. The minimum Gasteiger partial charge on any atom is -0.491 e. The summed E-state index contributed by atoms with van der Waals surface area (Å²) < 4.78 is 5.79. The van der Waals surface area contributed by atoms with Crippen LogP contribution in [-0.2, 0) is 0 Å². The molecule has 2 aromatic rings. The molecular weight excluding hydrogens is 294 g/mol. The minimum atomic E-state index is 0.100. The summed E-state index contributed by atoms with van der Waals surface area (Å²) in [4.78, 5) is 3.97. The lowest BCUT2D eigenvalue weighted by molar-refractivity contribution is 0.287. The number of anilines is 1. The van der Waals surface area contributed by atoms with Crippen LogP contribution in [0.5, 0.6) is 5.75 Å². The first-order valence-electron chi connectivity index (χ1n) is 7.22. The topological polar surface area (TPSA) is 46.2 Å². The number of pyridine rings is 1. The van der Waals surface area contributed by atoms with Gasteiger partial charge in [-0.1, -0.05) is 6.07 Å². The van der Waals surface area contributed by atoms with Crippen LogP contribution in [-0.4, -0.2) is 22.7 Å². The monoisotopic (exact) mass is 315 g/mol. The quantitative estimate of drug-likeness (QED) is 0.828. The van der Waals surface area contributed by atoms with E-state index >= 15 is 0 Å². The van der Waals surface area contributed by atoms with Gasteiger partial charge in [0.1, 0.15) is 12.4 Å². The lowest BCUT2D eigenvalue weighted by Crippen LogP contribution is -2.39. The molecule has 0 amide bonds.